The van der Waals surface area contributed by atoms with Crippen LogP contribution in [0.1, 0.15) is 11.9 Å². The quantitative estimate of drug-likeness (QED) is 0.726. The van der Waals surface area contributed by atoms with Crippen molar-refractivity contribution in [3.8, 4) is 0 Å². The molecule has 14 heavy (non-hydrogen) atoms. The number of esters is 1. The maximum Gasteiger partial charge on any atom is 0.337 e. The van der Waals surface area contributed by atoms with Gasteiger partial charge in [0, 0.05) is 0 Å². The van der Waals surface area contributed by atoms with Crippen LogP contribution in [0.2, 0.25) is 5.22 Å². The predicted octanol–water partition coefficient (Wildman–Crippen LogP) is 0.500. The second-order valence-corrected chi connectivity index (χ2v) is 2.93. The highest BCUT2D eigenvalue weighted by Crippen LogP contribution is 2.22. The first kappa shape index (κ1) is 11.0. The fourth-order valence-corrected chi connectivity index (χ4v) is 1.04. The van der Waals surface area contributed by atoms with Gasteiger partial charge in [-0.05, 0) is 23.7 Å². The van der Waals surface area contributed by atoms with Crippen LogP contribution in [0.5, 0.6) is 0 Å². The third-order valence-electron chi connectivity index (χ3n) is 1.63. The Bertz CT molecular complexity index is 321. The molecule has 0 saturated heterocycles. The molecule has 0 amide bonds. The van der Waals surface area contributed by atoms with E-state index in [0.29, 0.717) is 0 Å². The van der Waals surface area contributed by atoms with E-state index in [0.717, 1.165) is 7.11 Å². The zero-order chi connectivity index (χ0) is 10.7. The Morgan fingerprint density at radius 1 is 1.57 bits per heavy atom. The molecule has 2 N–H and O–H groups in total. The van der Waals surface area contributed by atoms with Crippen LogP contribution in [0.15, 0.2) is 16.5 Å². The molecule has 1 aromatic heterocycles. The molecule has 1 rings (SSSR count). The number of halogens is 1. The maximum atomic E-state index is 10.8. The van der Waals surface area contributed by atoms with E-state index in [1.54, 1.807) is 0 Å². The Kier molecular flexibility index (Phi) is 3.51. The van der Waals surface area contributed by atoms with Crippen molar-refractivity contribution in [3.05, 3.63) is 23.1 Å². The van der Waals surface area contributed by atoms with Crippen LogP contribution >= 0.6 is 11.6 Å². The lowest BCUT2D eigenvalue weighted by molar-refractivity contribution is -0.157. The molecule has 6 heteroatoms. The van der Waals surface area contributed by atoms with Crippen LogP contribution in [-0.4, -0.2) is 29.4 Å². The zero-order valence-electron chi connectivity index (χ0n) is 7.31. The molecule has 5 nitrogen and oxygen atoms in total. The molecule has 0 saturated carbocycles. The molecule has 2 unspecified atom stereocenters. The Morgan fingerprint density at radius 2 is 2.21 bits per heavy atom. The molecule has 0 aliphatic rings. The largest absolute Gasteiger partial charge is 0.467 e. The molecular weight excluding hydrogens is 212 g/mol. The number of hydrogen-bond donors (Lipinski definition) is 2. The van der Waals surface area contributed by atoms with E-state index in [1.807, 2.05) is 0 Å². The predicted molar refractivity (Wildman–Crippen MR) is 46.7 cm³/mol. The second-order valence-electron chi connectivity index (χ2n) is 2.55. The van der Waals surface area contributed by atoms with Crippen molar-refractivity contribution >= 4 is 17.6 Å². The number of aliphatic hydroxyl groups is 2. The molecule has 1 heterocycles. The third kappa shape index (κ3) is 2.25. The number of hydrogen-bond acceptors (Lipinski definition) is 5. The standard InChI is InChI=1S/C8H9ClO5/c1-13-8(12)7(11)6(10)4-2-3-5(9)14-4/h2-3,6-7,10-11H,1H3. The van der Waals surface area contributed by atoms with E-state index < -0.39 is 18.2 Å². The molecule has 1 aromatic rings. The molecule has 0 bridgehead atoms. The average molecular weight is 221 g/mol. The average Bonchev–Trinajstić information content (AvgIpc) is 2.61. The van der Waals surface area contributed by atoms with Crippen molar-refractivity contribution in [1.82, 2.24) is 0 Å². The fourth-order valence-electron chi connectivity index (χ4n) is 0.892. The summed E-state index contributed by atoms with van der Waals surface area (Å²) in [4.78, 5) is 10.8. The highest BCUT2D eigenvalue weighted by atomic mass is 35.5. The normalized spacial score (nSPS) is 14.9. The van der Waals surface area contributed by atoms with Gasteiger partial charge in [0.1, 0.15) is 11.9 Å². The first-order valence-electron chi connectivity index (χ1n) is 3.75. The lowest BCUT2D eigenvalue weighted by Gasteiger charge is -2.12. The summed E-state index contributed by atoms with van der Waals surface area (Å²) < 4.78 is 9.05. The highest BCUT2D eigenvalue weighted by molar-refractivity contribution is 6.28. The number of carbonyl (C=O) groups is 1. The minimum Gasteiger partial charge on any atom is -0.467 e. The summed E-state index contributed by atoms with van der Waals surface area (Å²) in [6.45, 7) is 0. The summed E-state index contributed by atoms with van der Waals surface area (Å²) in [5, 5.41) is 18.7. The SMILES string of the molecule is COC(=O)C(O)C(O)c1ccc(Cl)o1. The lowest BCUT2D eigenvalue weighted by atomic mass is 10.1. The summed E-state index contributed by atoms with van der Waals surface area (Å²) >= 11 is 5.45. The number of furan rings is 1. The Labute approximate surface area is 84.9 Å². The molecule has 0 radical (unpaired) electrons. The molecular formula is C8H9ClO5. The Morgan fingerprint density at radius 3 is 2.64 bits per heavy atom. The van der Waals surface area contributed by atoms with Gasteiger partial charge in [0.2, 0.25) is 0 Å². The van der Waals surface area contributed by atoms with E-state index in [9.17, 15) is 15.0 Å². The minimum absolute atomic E-state index is 0.00731. The Hall–Kier alpha value is -1.04. The van der Waals surface area contributed by atoms with Gasteiger partial charge in [-0.15, -0.1) is 0 Å². The lowest BCUT2D eigenvalue weighted by Crippen LogP contribution is -2.28. The van der Waals surface area contributed by atoms with E-state index in [1.165, 1.54) is 12.1 Å². The van der Waals surface area contributed by atoms with Gasteiger partial charge in [0.25, 0.3) is 0 Å². The number of methoxy groups -OCH3 is 1. The topological polar surface area (TPSA) is 79.9 Å². The smallest absolute Gasteiger partial charge is 0.337 e. The molecule has 78 valence electrons. The molecule has 0 aliphatic carbocycles. The highest BCUT2D eigenvalue weighted by Gasteiger charge is 2.28. The first-order chi connectivity index (χ1) is 6.56. The van der Waals surface area contributed by atoms with E-state index in [2.05, 4.69) is 4.74 Å². The van der Waals surface area contributed by atoms with Crippen LogP contribution in [0.4, 0.5) is 0 Å². The van der Waals surface area contributed by atoms with Crippen molar-refractivity contribution in [2.45, 2.75) is 12.2 Å². The number of rotatable bonds is 3. The van der Waals surface area contributed by atoms with Crippen LogP contribution in [0.25, 0.3) is 0 Å². The van der Waals surface area contributed by atoms with Gasteiger partial charge in [-0.1, -0.05) is 0 Å². The summed E-state index contributed by atoms with van der Waals surface area (Å²) in [6.07, 6.45) is -3.16. The minimum atomic E-state index is -1.68. The van der Waals surface area contributed by atoms with Gasteiger partial charge in [-0.25, -0.2) is 4.79 Å². The summed E-state index contributed by atoms with van der Waals surface area (Å²) in [5.41, 5.74) is 0. The van der Waals surface area contributed by atoms with Gasteiger partial charge in [0.05, 0.1) is 7.11 Å². The molecule has 0 spiro atoms. The van der Waals surface area contributed by atoms with Gasteiger partial charge in [-0.3, -0.25) is 0 Å². The van der Waals surface area contributed by atoms with Crippen molar-refractivity contribution in [2.24, 2.45) is 0 Å². The second kappa shape index (κ2) is 4.45. The van der Waals surface area contributed by atoms with Crippen LogP contribution in [0, 0.1) is 0 Å². The van der Waals surface area contributed by atoms with Crippen LogP contribution in [0.3, 0.4) is 0 Å². The summed E-state index contributed by atoms with van der Waals surface area (Å²) in [5.74, 6) is -0.932. The molecule has 0 aliphatic heterocycles. The van der Waals surface area contributed by atoms with E-state index in [4.69, 9.17) is 16.0 Å². The molecule has 0 fully saturated rings. The number of ether oxygens (including phenoxy) is 1. The van der Waals surface area contributed by atoms with Crippen LogP contribution in [-0.2, 0) is 9.53 Å². The van der Waals surface area contributed by atoms with Crippen LogP contribution < -0.4 is 0 Å². The van der Waals surface area contributed by atoms with Crippen molar-refractivity contribution < 1.29 is 24.2 Å². The van der Waals surface area contributed by atoms with Crippen molar-refractivity contribution in [2.75, 3.05) is 7.11 Å². The van der Waals surface area contributed by atoms with Crippen molar-refractivity contribution in [1.29, 1.82) is 0 Å². The molecule has 2 atom stereocenters. The number of carbonyl (C=O) groups excluding carboxylic acids is 1. The zero-order valence-corrected chi connectivity index (χ0v) is 8.06. The van der Waals surface area contributed by atoms with Gasteiger partial charge in [0.15, 0.2) is 11.3 Å². The van der Waals surface area contributed by atoms with Gasteiger partial charge in [-0.2, -0.15) is 0 Å². The molecule has 0 aromatic carbocycles. The summed E-state index contributed by atoms with van der Waals surface area (Å²) in [7, 11) is 1.10. The van der Waals surface area contributed by atoms with Gasteiger partial charge < -0.3 is 19.4 Å². The maximum absolute atomic E-state index is 10.8. The number of aliphatic hydroxyl groups excluding tert-OH is 2. The van der Waals surface area contributed by atoms with E-state index in [-0.39, 0.29) is 11.0 Å². The first-order valence-corrected chi connectivity index (χ1v) is 4.13. The fraction of sp³-hybridized carbons (Fsp3) is 0.375. The Balaban J connectivity index is 2.74. The van der Waals surface area contributed by atoms with E-state index >= 15 is 0 Å². The summed E-state index contributed by atoms with van der Waals surface area (Å²) in [6, 6.07) is 2.75. The van der Waals surface area contributed by atoms with Crippen molar-refractivity contribution in [3.63, 3.8) is 0 Å². The monoisotopic (exact) mass is 220 g/mol. The third-order valence-corrected chi connectivity index (χ3v) is 1.83. The van der Waals surface area contributed by atoms with Gasteiger partial charge >= 0.3 is 5.97 Å².